The smallest absolute Gasteiger partial charge is 0.255 e. The van der Waals surface area contributed by atoms with Gasteiger partial charge in [0.15, 0.2) is 5.78 Å². The van der Waals surface area contributed by atoms with Crippen LogP contribution >= 0.6 is 0 Å². The van der Waals surface area contributed by atoms with E-state index in [1.807, 2.05) is 0 Å². The molecule has 0 bridgehead atoms. The standard InChI is InChI=1S/C23H30N4O8/c24-7-9-34-13-15(28)14-35-11-10-33-8-6-21(30)25-18-3-1-2-16-17(18)12-27(23(16)32)19-4-5-20(29)26-22(19)31/h1-3,19H,4-14,24H2,(H,25,30)(H,26,29,31). The number of nitrogens with two attached hydrogens (primary N) is 1. The molecule has 0 saturated carbocycles. The van der Waals surface area contributed by atoms with Gasteiger partial charge in [0, 0.05) is 36.3 Å². The van der Waals surface area contributed by atoms with Crippen LogP contribution in [-0.2, 0) is 39.9 Å². The van der Waals surface area contributed by atoms with Crippen molar-refractivity contribution in [1.29, 1.82) is 0 Å². The van der Waals surface area contributed by atoms with Crippen LogP contribution in [0.25, 0.3) is 0 Å². The van der Waals surface area contributed by atoms with E-state index < -0.39 is 11.9 Å². The van der Waals surface area contributed by atoms with Gasteiger partial charge in [-0.25, -0.2) is 0 Å². The molecule has 12 nitrogen and oxygen atoms in total. The highest BCUT2D eigenvalue weighted by atomic mass is 16.5. The number of amides is 4. The summed E-state index contributed by atoms with van der Waals surface area (Å²) in [6, 6.07) is 4.29. The highest BCUT2D eigenvalue weighted by molar-refractivity contribution is 6.06. The number of imide groups is 1. The lowest BCUT2D eigenvalue weighted by Gasteiger charge is -2.29. The first-order valence-corrected chi connectivity index (χ1v) is 11.4. The molecule has 1 aromatic rings. The maximum atomic E-state index is 12.8. The van der Waals surface area contributed by atoms with E-state index in [1.165, 1.54) is 4.90 Å². The van der Waals surface area contributed by atoms with Crippen LogP contribution in [0, 0.1) is 0 Å². The van der Waals surface area contributed by atoms with Gasteiger partial charge in [-0.1, -0.05) is 6.07 Å². The van der Waals surface area contributed by atoms with Crippen molar-refractivity contribution in [1.82, 2.24) is 10.2 Å². The first-order chi connectivity index (χ1) is 16.9. The van der Waals surface area contributed by atoms with Gasteiger partial charge in [-0.2, -0.15) is 0 Å². The van der Waals surface area contributed by atoms with Crippen molar-refractivity contribution in [2.45, 2.75) is 31.8 Å². The van der Waals surface area contributed by atoms with Gasteiger partial charge in [0.2, 0.25) is 17.7 Å². The minimum absolute atomic E-state index is 0.0434. The molecule has 4 amide bonds. The number of piperidine rings is 1. The van der Waals surface area contributed by atoms with Gasteiger partial charge in [-0.3, -0.25) is 29.3 Å². The molecule has 0 radical (unpaired) electrons. The van der Waals surface area contributed by atoms with Crippen LogP contribution in [0.5, 0.6) is 0 Å². The van der Waals surface area contributed by atoms with Crippen molar-refractivity contribution in [3.8, 4) is 0 Å². The van der Waals surface area contributed by atoms with E-state index in [0.29, 0.717) is 30.0 Å². The van der Waals surface area contributed by atoms with Crippen LogP contribution < -0.4 is 16.4 Å². The maximum absolute atomic E-state index is 12.8. The van der Waals surface area contributed by atoms with E-state index in [9.17, 15) is 24.0 Å². The largest absolute Gasteiger partial charge is 0.379 e. The fraction of sp³-hybridized carbons (Fsp3) is 0.522. The van der Waals surface area contributed by atoms with Crippen LogP contribution in [0.1, 0.15) is 35.2 Å². The molecule has 2 aliphatic heterocycles. The van der Waals surface area contributed by atoms with E-state index >= 15 is 0 Å². The molecular weight excluding hydrogens is 460 g/mol. The molecule has 2 aliphatic rings. The Balaban J connectivity index is 1.39. The molecule has 0 aromatic heterocycles. The lowest BCUT2D eigenvalue weighted by atomic mass is 10.0. The molecule has 12 heteroatoms. The predicted molar refractivity (Wildman–Crippen MR) is 122 cm³/mol. The number of nitrogens with one attached hydrogen (secondary N) is 2. The maximum Gasteiger partial charge on any atom is 0.255 e. The van der Waals surface area contributed by atoms with Crippen molar-refractivity contribution in [3.05, 3.63) is 29.3 Å². The number of fused-ring (bicyclic) bond motifs is 1. The molecule has 0 spiro atoms. The zero-order valence-electron chi connectivity index (χ0n) is 19.4. The average Bonchev–Trinajstić information content (AvgIpc) is 3.16. The van der Waals surface area contributed by atoms with Crippen LogP contribution in [0.4, 0.5) is 5.69 Å². The topological polar surface area (TPSA) is 166 Å². The number of Topliss-reactive ketones (excluding diaryl/α,β-unsaturated/α-hetero) is 1. The van der Waals surface area contributed by atoms with Crippen LogP contribution in [0.3, 0.4) is 0 Å². The van der Waals surface area contributed by atoms with Gasteiger partial charge >= 0.3 is 0 Å². The summed E-state index contributed by atoms with van der Waals surface area (Å²) in [5.41, 5.74) is 6.81. The zero-order valence-corrected chi connectivity index (χ0v) is 19.4. The Kier molecular flexibility index (Phi) is 9.85. The normalized spacial score (nSPS) is 17.3. The average molecular weight is 491 g/mol. The Morgan fingerprint density at radius 1 is 1.06 bits per heavy atom. The quantitative estimate of drug-likeness (QED) is 0.227. The van der Waals surface area contributed by atoms with Gasteiger partial charge in [0.25, 0.3) is 5.91 Å². The Hall–Kier alpha value is -3.19. The highest BCUT2D eigenvalue weighted by Crippen LogP contribution is 2.32. The number of ketones is 1. The third kappa shape index (κ3) is 7.39. The number of hydrogen-bond donors (Lipinski definition) is 3. The van der Waals surface area contributed by atoms with Crippen LogP contribution in [0.15, 0.2) is 18.2 Å². The van der Waals surface area contributed by atoms with Crippen molar-refractivity contribution < 1.29 is 38.2 Å². The fourth-order valence-corrected chi connectivity index (χ4v) is 3.80. The second-order valence-corrected chi connectivity index (χ2v) is 8.07. The Morgan fingerprint density at radius 2 is 1.80 bits per heavy atom. The Bertz CT molecular complexity index is 967. The summed E-state index contributed by atoms with van der Waals surface area (Å²) in [5, 5.41) is 5.06. The molecule has 1 aromatic carbocycles. The van der Waals surface area contributed by atoms with Gasteiger partial charge < -0.3 is 30.2 Å². The minimum atomic E-state index is -0.722. The molecule has 4 N–H and O–H groups in total. The van der Waals surface area contributed by atoms with Crippen molar-refractivity contribution in [3.63, 3.8) is 0 Å². The minimum Gasteiger partial charge on any atom is -0.379 e. The predicted octanol–water partition coefficient (Wildman–Crippen LogP) is -0.646. The first kappa shape index (κ1) is 26.4. The van der Waals surface area contributed by atoms with Crippen LogP contribution in [-0.4, -0.2) is 86.5 Å². The molecule has 1 atom stereocenters. The molecule has 3 rings (SSSR count). The van der Waals surface area contributed by atoms with Gasteiger partial charge in [-0.05, 0) is 18.6 Å². The van der Waals surface area contributed by atoms with E-state index in [2.05, 4.69) is 10.6 Å². The summed E-state index contributed by atoms with van der Waals surface area (Å²) in [6.45, 7) is 1.29. The molecule has 0 aliphatic carbocycles. The Labute approximate surface area is 202 Å². The number of nitrogens with zero attached hydrogens (tertiary/aromatic N) is 1. The van der Waals surface area contributed by atoms with Gasteiger partial charge in [0.1, 0.15) is 19.3 Å². The summed E-state index contributed by atoms with van der Waals surface area (Å²) < 4.78 is 15.6. The lowest BCUT2D eigenvalue weighted by Crippen LogP contribution is -2.52. The van der Waals surface area contributed by atoms with Crippen molar-refractivity contribution >= 4 is 35.1 Å². The molecule has 2 heterocycles. The molecule has 1 saturated heterocycles. The number of carbonyl (C=O) groups is 5. The number of anilines is 1. The molecule has 35 heavy (non-hydrogen) atoms. The summed E-state index contributed by atoms with van der Waals surface area (Å²) in [4.78, 5) is 61.8. The SMILES string of the molecule is NCCOCC(=O)COCCOCCC(=O)Nc1cccc2c1CN(C1CCC(=O)NC1=O)C2=O. The summed E-state index contributed by atoms with van der Waals surface area (Å²) in [6.07, 6.45) is 0.522. The highest BCUT2D eigenvalue weighted by Gasteiger charge is 2.39. The molecule has 190 valence electrons. The van der Waals surface area contributed by atoms with E-state index in [4.69, 9.17) is 19.9 Å². The number of benzene rings is 1. The van der Waals surface area contributed by atoms with Crippen molar-refractivity contribution in [2.24, 2.45) is 5.73 Å². The zero-order chi connectivity index (χ0) is 25.2. The second-order valence-electron chi connectivity index (χ2n) is 8.07. The molecule has 1 unspecified atom stereocenters. The van der Waals surface area contributed by atoms with E-state index in [1.54, 1.807) is 18.2 Å². The second kappa shape index (κ2) is 13.0. The summed E-state index contributed by atoms with van der Waals surface area (Å²) in [7, 11) is 0. The summed E-state index contributed by atoms with van der Waals surface area (Å²) in [5.74, 6) is -1.63. The van der Waals surface area contributed by atoms with Gasteiger partial charge in [-0.15, -0.1) is 0 Å². The lowest BCUT2D eigenvalue weighted by molar-refractivity contribution is -0.137. The van der Waals surface area contributed by atoms with E-state index in [-0.39, 0.29) is 82.3 Å². The first-order valence-electron chi connectivity index (χ1n) is 11.4. The van der Waals surface area contributed by atoms with Gasteiger partial charge in [0.05, 0.1) is 32.8 Å². The number of carbonyl (C=O) groups excluding carboxylic acids is 5. The Morgan fingerprint density at radius 3 is 2.54 bits per heavy atom. The third-order valence-electron chi connectivity index (χ3n) is 5.49. The number of hydrogen-bond acceptors (Lipinski definition) is 9. The number of ether oxygens (including phenoxy) is 3. The fourth-order valence-electron chi connectivity index (χ4n) is 3.80. The molecular formula is C23H30N4O8. The van der Waals surface area contributed by atoms with Crippen molar-refractivity contribution in [2.75, 3.05) is 51.5 Å². The monoisotopic (exact) mass is 490 g/mol. The molecule has 1 fully saturated rings. The summed E-state index contributed by atoms with van der Waals surface area (Å²) >= 11 is 0. The third-order valence-corrected chi connectivity index (χ3v) is 5.49. The number of rotatable bonds is 14. The van der Waals surface area contributed by atoms with Crippen LogP contribution in [0.2, 0.25) is 0 Å². The van der Waals surface area contributed by atoms with E-state index in [0.717, 1.165) is 0 Å².